The molecule has 1 aliphatic heterocycles. The summed E-state index contributed by atoms with van der Waals surface area (Å²) in [7, 11) is 0. The third-order valence-corrected chi connectivity index (χ3v) is 2.89. The average Bonchev–Trinajstić information content (AvgIpc) is 2.71. The van der Waals surface area contributed by atoms with Crippen molar-refractivity contribution in [3.05, 3.63) is 0 Å². The van der Waals surface area contributed by atoms with E-state index in [0.29, 0.717) is 24.1 Å². The van der Waals surface area contributed by atoms with Crippen LogP contribution in [0, 0.1) is 0 Å². The molecule has 1 amide bonds. The number of carbonyl (C=O) groups excluding carboxylic acids is 1. The molecule has 0 spiro atoms. The summed E-state index contributed by atoms with van der Waals surface area (Å²) in [6.07, 6.45) is 2.36. The molecule has 1 aromatic rings. The number of hydrogen-bond donors (Lipinski definition) is 2. The maximum Gasteiger partial charge on any atom is 0.230 e. The Morgan fingerprint density at radius 2 is 2.50 bits per heavy atom. The van der Waals surface area contributed by atoms with Gasteiger partial charge < -0.3 is 0 Å². The lowest BCUT2D eigenvalue weighted by molar-refractivity contribution is -0.117. The normalized spacial score (nSPS) is 22.0. The number of thioether (sulfide) groups is 1. The highest BCUT2D eigenvalue weighted by Crippen LogP contribution is 2.21. The molecule has 2 heterocycles. The third kappa shape index (κ3) is 1.74. The van der Waals surface area contributed by atoms with Crippen molar-refractivity contribution in [2.24, 2.45) is 0 Å². The molecule has 0 radical (unpaired) electrons. The van der Waals surface area contributed by atoms with Crippen LogP contribution in [0.5, 0.6) is 0 Å². The monoisotopic (exact) mass is 230 g/mol. The minimum absolute atomic E-state index is 0.0498. The lowest BCUT2D eigenvalue weighted by atomic mass is 10.4. The Balaban J connectivity index is 2.18. The summed E-state index contributed by atoms with van der Waals surface area (Å²) < 4.78 is 0. The molecule has 7 heteroatoms. The number of H-pyrrole nitrogens is 1. The van der Waals surface area contributed by atoms with Crippen LogP contribution in [0.15, 0.2) is 5.16 Å². The smallest absolute Gasteiger partial charge is 0.230 e. The zero-order valence-electron chi connectivity index (χ0n) is 7.60. The van der Waals surface area contributed by atoms with Crippen LogP contribution in [0.2, 0.25) is 0 Å². The number of amides is 1. The molecule has 1 fully saturated rings. The number of aromatic nitrogens is 3. The van der Waals surface area contributed by atoms with Gasteiger partial charge in [-0.15, -0.1) is 5.10 Å². The summed E-state index contributed by atoms with van der Waals surface area (Å²) in [4.78, 5) is 17.2. The molecule has 2 rings (SSSR count). The number of hydrogen-bond acceptors (Lipinski definition) is 5. The van der Waals surface area contributed by atoms with Crippen molar-refractivity contribution in [1.29, 1.82) is 0 Å². The number of thiol groups is 1. The summed E-state index contributed by atoms with van der Waals surface area (Å²) in [5.74, 6) is 0.574. The lowest BCUT2D eigenvalue weighted by Crippen LogP contribution is -2.25. The van der Waals surface area contributed by atoms with Gasteiger partial charge in [0.05, 0.1) is 0 Å². The van der Waals surface area contributed by atoms with E-state index < -0.39 is 0 Å². The fourth-order valence-electron chi connectivity index (χ4n) is 1.34. The molecule has 0 saturated carbocycles. The van der Waals surface area contributed by atoms with E-state index >= 15 is 0 Å². The van der Waals surface area contributed by atoms with Crippen molar-refractivity contribution in [2.75, 3.05) is 17.7 Å². The van der Waals surface area contributed by atoms with Crippen LogP contribution >= 0.6 is 24.4 Å². The molecule has 5 nitrogen and oxygen atoms in total. The minimum atomic E-state index is 0.0498. The maximum atomic E-state index is 11.5. The number of nitrogens with zero attached hydrogens (tertiary/aromatic N) is 3. The van der Waals surface area contributed by atoms with E-state index in [0.717, 1.165) is 0 Å². The van der Waals surface area contributed by atoms with E-state index in [1.807, 2.05) is 6.26 Å². The van der Waals surface area contributed by atoms with Gasteiger partial charge in [0.1, 0.15) is 0 Å². The first-order valence-electron chi connectivity index (χ1n) is 4.15. The molecule has 14 heavy (non-hydrogen) atoms. The van der Waals surface area contributed by atoms with Gasteiger partial charge in [0.25, 0.3) is 0 Å². The number of aromatic amines is 1. The summed E-state index contributed by atoms with van der Waals surface area (Å²) in [6.45, 7) is 0.602. The van der Waals surface area contributed by atoms with Crippen LogP contribution in [0.3, 0.4) is 0 Å². The standard InChI is InChI=1S/C7H10N4OS2/c1-14-7-8-6(9-10-7)11-3-4(13)2-5(11)12/h4,13H,2-3H2,1H3,(H,8,9,10). The van der Waals surface area contributed by atoms with Gasteiger partial charge in [-0.1, -0.05) is 11.8 Å². The summed E-state index contributed by atoms with van der Waals surface area (Å²) in [5, 5.41) is 7.44. The predicted octanol–water partition coefficient (Wildman–Crippen LogP) is 0.562. The van der Waals surface area contributed by atoms with E-state index in [9.17, 15) is 4.79 Å². The summed E-state index contributed by atoms with van der Waals surface area (Å²) >= 11 is 5.70. The van der Waals surface area contributed by atoms with E-state index in [4.69, 9.17) is 0 Å². The van der Waals surface area contributed by atoms with Gasteiger partial charge in [-0.05, 0) is 6.26 Å². The fraction of sp³-hybridized carbons (Fsp3) is 0.571. The first kappa shape index (κ1) is 9.85. The molecule has 1 aliphatic rings. The number of carbonyl (C=O) groups is 1. The Kier molecular flexibility index (Phi) is 2.69. The largest absolute Gasteiger partial charge is 0.280 e. The predicted molar refractivity (Wildman–Crippen MR) is 57.9 cm³/mol. The van der Waals surface area contributed by atoms with Crippen LogP contribution in [-0.4, -0.2) is 39.1 Å². The average molecular weight is 230 g/mol. The molecule has 0 aromatic carbocycles. The highest BCUT2D eigenvalue weighted by molar-refractivity contribution is 7.98. The maximum absolute atomic E-state index is 11.5. The van der Waals surface area contributed by atoms with E-state index in [-0.39, 0.29) is 11.2 Å². The van der Waals surface area contributed by atoms with Gasteiger partial charge in [0, 0.05) is 18.2 Å². The topological polar surface area (TPSA) is 61.9 Å². The highest BCUT2D eigenvalue weighted by atomic mass is 32.2. The highest BCUT2D eigenvalue weighted by Gasteiger charge is 2.30. The first-order valence-corrected chi connectivity index (χ1v) is 5.89. The fourth-order valence-corrected chi connectivity index (χ4v) is 1.98. The number of nitrogens with one attached hydrogen (secondary N) is 1. The number of rotatable bonds is 2. The SMILES string of the molecule is CSc1n[nH]c(N2CC(S)CC2=O)n1. The van der Waals surface area contributed by atoms with Crippen molar-refractivity contribution in [1.82, 2.24) is 15.2 Å². The molecule has 0 bridgehead atoms. The van der Waals surface area contributed by atoms with Crippen molar-refractivity contribution in [3.63, 3.8) is 0 Å². The van der Waals surface area contributed by atoms with Gasteiger partial charge in [0.15, 0.2) is 0 Å². The molecule has 1 aromatic heterocycles. The molecule has 0 aliphatic carbocycles. The molecule has 76 valence electrons. The van der Waals surface area contributed by atoms with Crippen molar-refractivity contribution in [3.8, 4) is 0 Å². The quantitative estimate of drug-likeness (QED) is 0.576. The van der Waals surface area contributed by atoms with E-state index in [2.05, 4.69) is 27.8 Å². The molecule has 1 N–H and O–H groups in total. The zero-order valence-corrected chi connectivity index (χ0v) is 9.31. The van der Waals surface area contributed by atoms with Gasteiger partial charge in [-0.25, -0.2) is 5.10 Å². The molecule has 1 saturated heterocycles. The Morgan fingerprint density at radius 3 is 3.00 bits per heavy atom. The van der Waals surface area contributed by atoms with Crippen LogP contribution in [0.4, 0.5) is 5.95 Å². The Morgan fingerprint density at radius 1 is 1.71 bits per heavy atom. The van der Waals surface area contributed by atoms with Crippen LogP contribution < -0.4 is 4.90 Å². The molecule has 1 atom stereocenters. The first-order chi connectivity index (χ1) is 6.70. The Labute approximate surface area is 91.1 Å². The number of anilines is 1. The molecular weight excluding hydrogens is 220 g/mol. The summed E-state index contributed by atoms with van der Waals surface area (Å²) in [6, 6.07) is 0. The van der Waals surface area contributed by atoms with Crippen LogP contribution in [-0.2, 0) is 4.79 Å². The Hall–Kier alpha value is -0.690. The van der Waals surface area contributed by atoms with Crippen molar-refractivity contribution < 1.29 is 4.79 Å². The van der Waals surface area contributed by atoms with Gasteiger partial charge in [-0.3, -0.25) is 9.69 Å². The third-order valence-electron chi connectivity index (χ3n) is 2.00. The van der Waals surface area contributed by atoms with Gasteiger partial charge >= 0.3 is 0 Å². The van der Waals surface area contributed by atoms with E-state index in [1.165, 1.54) is 11.8 Å². The lowest BCUT2D eigenvalue weighted by Gasteiger charge is -2.10. The second-order valence-electron chi connectivity index (χ2n) is 3.01. The van der Waals surface area contributed by atoms with Crippen LogP contribution in [0.25, 0.3) is 0 Å². The second kappa shape index (κ2) is 3.82. The van der Waals surface area contributed by atoms with Gasteiger partial charge in [0.2, 0.25) is 17.0 Å². The van der Waals surface area contributed by atoms with Crippen molar-refractivity contribution >= 4 is 36.2 Å². The molecule has 1 unspecified atom stereocenters. The minimum Gasteiger partial charge on any atom is -0.280 e. The van der Waals surface area contributed by atoms with Crippen molar-refractivity contribution in [2.45, 2.75) is 16.8 Å². The molecular formula is C7H10N4OS2. The zero-order chi connectivity index (χ0) is 10.1. The second-order valence-corrected chi connectivity index (χ2v) is 4.51. The van der Waals surface area contributed by atoms with Gasteiger partial charge in [-0.2, -0.15) is 17.6 Å². The summed E-state index contributed by atoms with van der Waals surface area (Å²) in [5.41, 5.74) is 0. The van der Waals surface area contributed by atoms with E-state index in [1.54, 1.807) is 4.90 Å². The van der Waals surface area contributed by atoms with Crippen LogP contribution in [0.1, 0.15) is 6.42 Å². The Bertz CT molecular complexity index is 353.